The largest absolute Gasteiger partial charge is 0.348 e. The Morgan fingerprint density at radius 1 is 1.33 bits per heavy atom. The molecule has 1 aromatic heterocycles. The van der Waals surface area contributed by atoms with Crippen LogP contribution < -0.4 is 10.2 Å². The topological polar surface area (TPSA) is 28.2 Å². The molecule has 104 valence electrons. The third kappa shape index (κ3) is 4.25. The van der Waals surface area contributed by atoms with Crippen molar-refractivity contribution < 1.29 is 0 Å². The van der Waals surface area contributed by atoms with Gasteiger partial charge in [-0.05, 0) is 26.3 Å². The van der Waals surface area contributed by atoms with Crippen LogP contribution in [0.5, 0.6) is 0 Å². The first-order chi connectivity index (χ1) is 8.62. The van der Waals surface area contributed by atoms with E-state index < -0.39 is 0 Å². The standard InChI is InChI=1S/C14H27N3S/c1-6-11(4)9-17(8-3)14-16-13(10-18-14)12(5)15-7-2/h10-12,15H,6-9H2,1-5H3. The van der Waals surface area contributed by atoms with E-state index in [4.69, 9.17) is 4.98 Å². The van der Waals surface area contributed by atoms with Gasteiger partial charge < -0.3 is 10.2 Å². The number of aromatic nitrogens is 1. The van der Waals surface area contributed by atoms with Crippen LogP contribution in [-0.4, -0.2) is 24.6 Å². The minimum atomic E-state index is 0.349. The zero-order valence-corrected chi connectivity index (χ0v) is 13.2. The summed E-state index contributed by atoms with van der Waals surface area (Å²) in [6.45, 7) is 14.2. The highest BCUT2D eigenvalue weighted by Crippen LogP contribution is 2.25. The van der Waals surface area contributed by atoms with Crippen molar-refractivity contribution in [2.75, 3.05) is 24.5 Å². The van der Waals surface area contributed by atoms with Crippen molar-refractivity contribution in [3.8, 4) is 0 Å². The average molecular weight is 269 g/mol. The highest BCUT2D eigenvalue weighted by molar-refractivity contribution is 7.13. The summed E-state index contributed by atoms with van der Waals surface area (Å²) in [4.78, 5) is 7.16. The van der Waals surface area contributed by atoms with Gasteiger partial charge in [0.25, 0.3) is 0 Å². The van der Waals surface area contributed by atoms with Crippen LogP contribution >= 0.6 is 11.3 Å². The fourth-order valence-electron chi connectivity index (χ4n) is 1.88. The molecule has 0 saturated heterocycles. The lowest BCUT2D eigenvalue weighted by molar-refractivity contribution is 0.545. The normalized spacial score (nSPS) is 14.5. The Labute approximate surface area is 116 Å². The second-order valence-electron chi connectivity index (χ2n) is 4.89. The molecule has 0 amide bonds. The third-order valence-corrected chi connectivity index (χ3v) is 4.26. The molecule has 2 atom stereocenters. The Morgan fingerprint density at radius 2 is 2.06 bits per heavy atom. The third-order valence-electron chi connectivity index (χ3n) is 3.35. The second kappa shape index (κ2) is 7.74. The second-order valence-corrected chi connectivity index (χ2v) is 5.72. The molecule has 0 saturated carbocycles. The highest BCUT2D eigenvalue weighted by Gasteiger charge is 2.14. The molecule has 0 spiro atoms. The van der Waals surface area contributed by atoms with E-state index in [1.165, 1.54) is 12.1 Å². The molecule has 1 heterocycles. The van der Waals surface area contributed by atoms with E-state index in [0.717, 1.165) is 30.7 Å². The van der Waals surface area contributed by atoms with Crippen LogP contribution in [0.4, 0.5) is 5.13 Å². The Bertz CT molecular complexity index is 338. The minimum Gasteiger partial charge on any atom is -0.348 e. The van der Waals surface area contributed by atoms with E-state index in [9.17, 15) is 0 Å². The lowest BCUT2D eigenvalue weighted by Crippen LogP contribution is -2.28. The maximum absolute atomic E-state index is 4.77. The first-order valence-electron chi connectivity index (χ1n) is 7.06. The van der Waals surface area contributed by atoms with Crippen molar-refractivity contribution in [1.29, 1.82) is 0 Å². The van der Waals surface area contributed by atoms with Gasteiger partial charge >= 0.3 is 0 Å². The smallest absolute Gasteiger partial charge is 0.185 e. The van der Waals surface area contributed by atoms with Crippen molar-refractivity contribution in [2.24, 2.45) is 5.92 Å². The van der Waals surface area contributed by atoms with E-state index in [1.54, 1.807) is 11.3 Å². The van der Waals surface area contributed by atoms with Gasteiger partial charge in [0.05, 0.1) is 5.69 Å². The maximum atomic E-state index is 4.77. The van der Waals surface area contributed by atoms with Crippen LogP contribution in [0.3, 0.4) is 0 Å². The fourth-order valence-corrected chi connectivity index (χ4v) is 2.87. The molecule has 4 heteroatoms. The fraction of sp³-hybridized carbons (Fsp3) is 0.786. The molecule has 0 aliphatic carbocycles. The van der Waals surface area contributed by atoms with Crippen molar-refractivity contribution in [2.45, 2.75) is 47.1 Å². The van der Waals surface area contributed by atoms with E-state index >= 15 is 0 Å². The Balaban J connectivity index is 2.69. The quantitative estimate of drug-likeness (QED) is 0.780. The molecule has 1 N–H and O–H groups in total. The molecular formula is C14H27N3S. The van der Waals surface area contributed by atoms with Crippen molar-refractivity contribution in [3.05, 3.63) is 11.1 Å². The van der Waals surface area contributed by atoms with E-state index in [0.29, 0.717) is 6.04 Å². The van der Waals surface area contributed by atoms with Crippen LogP contribution in [0.25, 0.3) is 0 Å². The SMILES string of the molecule is CCNC(C)c1csc(N(CC)CC(C)CC)n1. The predicted molar refractivity (Wildman–Crippen MR) is 81.5 cm³/mol. The van der Waals surface area contributed by atoms with Gasteiger partial charge in [-0.2, -0.15) is 0 Å². The number of hydrogen-bond donors (Lipinski definition) is 1. The van der Waals surface area contributed by atoms with E-state index in [-0.39, 0.29) is 0 Å². The molecule has 0 bridgehead atoms. The molecule has 1 rings (SSSR count). The van der Waals surface area contributed by atoms with Crippen LogP contribution in [0.1, 0.15) is 52.8 Å². The lowest BCUT2D eigenvalue weighted by Gasteiger charge is -2.23. The lowest BCUT2D eigenvalue weighted by atomic mass is 10.1. The summed E-state index contributed by atoms with van der Waals surface area (Å²) in [5, 5.41) is 6.76. The molecule has 0 aliphatic rings. The van der Waals surface area contributed by atoms with Crippen LogP contribution in [-0.2, 0) is 0 Å². The monoisotopic (exact) mass is 269 g/mol. The first-order valence-corrected chi connectivity index (χ1v) is 7.93. The number of rotatable bonds is 8. The molecule has 2 unspecified atom stereocenters. The van der Waals surface area contributed by atoms with Gasteiger partial charge in [0.15, 0.2) is 5.13 Å². The Morgan fingerprint density at radius 3 is 2.61 bits per heavy atom. The van der Waals surface area contributed by atoms with Gasteiger partial charge in [-0.25, -0.2) is 4.98 Å². The summed E-state index contributed by atoms with van der Waals surface area (Å²) >= 11 is 1.76. The minimum absolute atomic E-state index is 0.349. The van der Waals surface area contributed by atoms with Crippen LogP contribution in [0.2, 0.25) is 0 Å². The van der Waals surface area contributed by atoms with Crippen molar-refractivity contribution in [3.63, 3.8) is 0 Å². The predicted octanol–water partition coefficient (Wildman–Crippen LogP) is 3.69. The van der Waals surface area contributed by atoms with Crippen LogP contribution in [0.15, 0.2) is 5.38 Å². The number of nitrogens with one attached hydrogen (secondary N) is 1. The summed E-state index contributed by atoms with van der Waals surface area (Å²) in [7, 11) is 0. The number of hydrogen-bond acceptors (Lipinski definition) is 4. The zero-order valence-electron chi connectivity index (χ0n) is 12.4. The summed E-state index contributed by atoms with van der Waals surface area (Å²) in [5.74, 6) is 0.725. The zero-order chi connectivity index (χ0) is 13.5. The summed E-state index contributed by atoms with van der Waals surface area (Å²) in [6.07, 6.45) is 1.22. The molecular weight excluding hydrogens is 242 g/mol. The molecule has 0 aliphatic heterocycles. The van der Waals surface area contributed by atoms with Crippen molar-refractivity contribution >= 4 is 16.5 Å². The molecule has 0 aromatic carbocycles. The summed E-state index contributed by atoms with van der Waals surface area (Å²) in [5.41, 5.74) is 1.17. The Kier molecular flexibility index (Phi) is 6.65. The van der Waals surface area contributed by atoms with Crippen molar-refractivity contribution in [1.82, 2.24) is 10.3 Å². The molecule has 3 nitrogen and oxygen atoms in total. The van der Waals surface area contributed by atoms with Gasteiger partial charge in [0.2, 0.25) is 0 Å². The highest BCUT2D eigenvalue weighted by atomic mass is 32.1. The van der Waals surface area contributed by atoms with Gasteiger partial charge in [-0.1, -0.05) is 27.2 Å². The molecule has 0 radical (unpaired) electrons. The summed E-state index contributed by atoms with van der Waals surface area (Å²) in [6, 6.07) is 0.349. The molecule has 18 heavy (non-hydrogen) atoms. The number of anilines is 1. The van der Waals surface area contributed by atoms with E-state index in [1.807, 2.05) is 0 Å². The van der Waals surface area contributed by atoms with Gasteiger partial charge in [-0.3, -0.25) is 0 Å². The average Bonchev–Trinajstić information content (AvgIpc) is 2.85. The number of nitrogens with zero attached hydrogens (tertiary/aromatic N) is 2. The maximum Gasteiger partial charge on any atom is 0.185 e. The van der Waals surface area contributed by atoms with Crippen LogP contribution in [0, 0.1) is 5.92 Å². The van der Waals surface area contributed by atoms with E-state index in [2.05, 4.69) is 50.2 Å². The first kappa shape index (κ1) is 15.4. The Hall–Kier alpha value is -0.610. The molecule has 0 fully saturated rings. The molecule has 1 aromatic rings. The van der Waals surface area contributed by atoms with Gasteiger partial charge in [-0.15, -0.1) is 11.3 Å². The number of thiazole rings is 1. The summed E-state index contributed by atoms with van der Waals surface area (Å²) < 4.78 is 0. The van der Waals surface area contributed by atoms with Gasteiger partial charge in [0, 0.05) is 24.5 Å². The van der Waals surface area contributed by atoms with Gasteiger partial charge in [0.1, 0.15) is 0 Å².